The van der Waals surface area contributed by atoms with Gasteiger partial charge in [-0.1, -0.05) is 53.7 Å². The summed E-state index contributed by atoms with van der Waals surface area (Å²) in [4.78, 5) is 4.22. The molecule has 1 atom stereocenters. The lowest BCUT2D eigenvalue weighted by atomic mass is 10.1. The standard InChI is InChI=1S/C20H14F3N3O3/c21-20(22,23)28-15-9-5-4-8-14(15)16(24)18-25-19(29-26-18)17-13(10-11-27-17)12-6-2-1-3-7-12/h1-11,16H,24H2. The molecule has 6 nitrogen and oxygen atoms in total. The zero-order chi connectivity index (χ0) is 20.4. The van der Waals surface area contributed by atoms with Crippen LogP contribution in [0.5, 0.6) is 5.75 Å². The van der Waals surface area contributed by atoms with Crippen LogP contribution in [0.3, 0.4) is 0 Å². The minimum absolute atomic E-state index is 0.00589. The zero-order valence-electron chi connectivity index (χ0n) is 14.8. The van der Waals surface area contributed by atoms with Crippen molar-refractivity contribution in [2.75, 3.05) is 0 Å². The molecule has 4 rings (SSSR count). The predicted octanol–water partition coefficient (Wildman–Crippen LogP) is 4.94. The number of aromatic nitrogens is 2. The highest BCUT2D eigenvalue weighted by Crippen LogP contribution is 2.35. The highest BCUT2D eigenvalue weighted by molar-refractivity contribution is 5.76. The van der Waals surface area contributed by atoms with Crippen LogP contribution < -0.4 is 10.5 Å². The number of para-hydroxylation sites is 1. The quantitative estimate of drug-likeness (QED) is 0.510. The monoisotopic (exact) mass is 401 g/mol. The third kappa shape index (κ3) is 3.99. The van der Waals surface area contributed by atoms with E-state index in [0.717, 1.165) is 11.1 Å². The van der Waals surface area contributed by atoms with Crippen LogP contribution in [0.4, 0.5) is 13.2 Å². The van der Waals surface area contributed by atoms with Gasteiger partial charge in [-0.3, -0.25) is 0 Å². The van der Waals surface area contributed by atoms with Gasteiger partial charge in [0.15, 0.2) is 11.6 Å². The lowest BCUT2D eigenvalue weighted by Gasteiger charge is -2.15. The fourth-order valence-electron chi connectivity index (χ4n) is 2.87. The summed E-state index contributed by atoms with van der Waals surface area (Å²) in [6.07, 6.45) is -3.37. The Morgan fingerprint density at radius 3 is 2.45 bits per heavy atom. The summed E-state index contributed by atoms with van der Waals surface area (Å²) in [6.45, 7) is 0. The van der Waals surface area contributed by atoms with Gasteiger partial charge in [0.05, 0.1) is 12.3 Å². The molecule has 0 bridgehead atoms. The molecular formula is C20H14F3N3O3. The predicted molar refractivity (Wildman–Crippen MR) is 96.6 cm³/mol. The average molecular weight is 401 g/mol. The molecule has 2 aromatic carbocycles. The second-order valence-corrected chi connectivity index (χ2v) is 6.05. The first-order chi connectivity index (χ1) is 13.9. The smallest absolute Gasteiger partial charge is 0.458 e. The van der Waals surface area contributed by atoms with Gasteiger partial charge in [-0.05, 0) is 17.7 Å². The number of rotatable bonds is 5. The summed E-state index contributed by atoms with van der Waals surface area (Å²) >= 11 is 0. The van der Waals surface area contributed by atoms with Crippen LogP contribution in [0.15, 0.2) is 75.9 Å². The van der Waals surface area contributed by atoms with E-state index in [2.05, 4.69) is 14.9 Å². The van der Waals surface area contributed by atoms with E-state index >= 15 is 0 Å². The molecule has 0 aliphatic heterocycles. The fraction of sp³-hybridized carbons (Fsp3) is 0.100. The molecule has 2 heterocycles. The summed E-state index contributed by atoms with van der Waals surface area (Å²) in [6, 6.07) is 15.6. The van der Waals surface area contributed by atoms with Crippen LogP contribution >= 0.6 is 0 Å². The Balaban J connectivity index is 1.66. The molecule has 0 spiro atoms. The Morgan fingerprint density at radius 1 is 0.966 bits per heavy atom. The summed E-state index contributed by atoms with van der Waals surface area (Å²) in [5, 5.41) is 3.81. The van der Waals surface area contributed by atoms with E-state index in [1.807, 2.05) is 30.3 Å². The normalized spacial score (nSPS) is 12.7. The topological polar surface area (TPSA) is 87.3 Å². The molecule has 2 aromatic heterocycles. The van der Waals surface area contributed by atoms with E-state index in [-0.39, 0.29) is 17.3 Å². The van der Waals surface area contributed by atoms with Crippen LogP contribution in [0, 0.1) is 0 Å². The van der Waals surface area contributed by atoms with Gasteiger partial charge in [-0.15, -0.1) is 13.2 Å². The number of halogens is 3. The Bertz CT molecular complexity index is 1110. The van der Waals surface area contributed by atoms with Gasteiger partial charge in [0.1, 0.15) is 5.75 Å². The van der Waals surface area contributed by atoms with Crippen LogP contribution in [-0.2, 0) is 0 Å². The summed E-state index contributed by atoms with van der Waals surface area (Å²) in [7, 11) is 0. The van der Waals surface area contributed by atoms with Crippen LogP contribution in [0.1, 0.15) is 17.4 Å². The second kappa shape index (κ2) is 7.44. The number of alkyl halides is 3. The molecule has 9 heteroatoms. The van der Waals surface area contributed by atoms with Crippen LogP contribution in [0.25, 0.3) is 22.8 Å². The van der Waals surface area contributed by atoms with E-state index in [9.17, 15) is 13.2 Å². The highest BCUT2D eigenvalue weighted by atomic mass is 19.4. The number of ether oxygens (including phenoxy) is 1. The number of furan rings is 1. The first-order valence-electron chi connectivity index (χ1n) is 8.49. The molecule has 148 valence electrons. The summed E-state index contributed by atoms with van der Waals surface area (Å²) in [5.74, 6) is -0.0361. The molecule has 0 saturated carbocycles. The van der Waals surface area contributed by atoms with E-state index in [4.69, 9.17) is 14.7 Å². The van der Waals surface area contributed by atoms with Crippen LogP contribution in [-0.4, -0.2) is 16.5 Å². The summed E-state index contributed by atoms with van der Waals surface area (Å²) in [5.41, 5.74) is 7.77. The van der Waals surface area contributed by atoms with Gasteiger partial charge >= 0.3 is 6.36 Å². The van der Waals surface area contributed by atoms with Crippen molar-refractivity contribution < 1.29 is 26.8 Å². The lowest BCUT2D eigenvalue weighted by molar-refractivity contribution is -0.274. The molecular weight excluding hydrogens is 387 g/mol. The number of nitrogens with two attached hydrogens (primary N) is 1. The zero-order valence-corrected chi connectivity index (χ0v) is 14.8. The van der Waals surface area contributed by atoms with E-state index in [0.29, 0.717) is 5.76 Å². The minimum Gasteiger partial charge on any atom is -0.458 e. The molecule has 0 fully saturated rings. The van der Waals surface area contributed by atoms with Crippen molar-refractivity contribution in [2.24, 2.45) is 5.73 Å². The van der Waals surface area contributed by atoms with Gasteiger partial charge in [0.25, 0.3) is 5.89 Å². The molecule has 1 unspecified atom stereocenters. The van der Waals surface area contributed by atoms with E-state index < -0.39 is 18.2 Å². The maximum atomic E-state index is 12.7. The van der Waals surface area contributed by atoms with Crippen molar-refractivity contribution in [3.63, 3.8) is 0 Å². The average Bonchev–Trinajstić information content (AvgIpc) is 3.37. The first kappa shape index (κ1) is 18.8. The van der Waals surface area contributed by atoms with Crippen molar-refractivity contribution in [3.05, 3.63) is 78.3 Å². The number of nitrogens with zero attached hydrogens (tertiary/aromatic N) is 2. The molecule has 29 heavy (non-hydrogen) atoms. The fourth-order valence-corrected chi connectivity index (χ4v) is 2.87. The Morgan fingerprint density at radius 2 is 1.69 bits per heavy atom. The Hall–Kier alpha value is -3.59. The maximum absolute atomic E-state index is 12.7. The number of benzene rings is 2. The van der Waals surface area contributed by atoms with E-state index in [1.165, 1.54) is 24.5 Å². The maximum Gasteiger partial charge on any atom is 0.573 e. The van der Waals surface area contributed by atoms with Gasteiger partial charge in [0.2, 0.25) is 0 Å². The molecule has 0 aliphatic rings. The number of hydrogen-bond donors (Lipinski definition) is 1. The van der Waals surface area contributed by atoms with Gasteiger partial charge in [-0.25, -0.2) is 0 Å². The van der Waals surface area contributed by atoms with Crippen molar-refractivity contribution in [1.82, 2.24) is 10.1 Å². The Kier molecular flexibility index (Phi) is 4.81. The SMILES string of the molecule is NC(c1noc(-c2occc2-c2ccccc2)n1)c1ccccc1OC(F)(F)F. The third-order valence-electron chi connectivity index (χ3n) is 4.14. The first-order valence-corrected chi connectivity index (χ1v) is 8.49. The molecule has 0 amide bonds. The minimum atomic E-state index is -4.85. The second-order valence-electron chi connectivity index (χ2n) is 6.05. The largest absolute Gasteiger partial charge is 0.573 e. The van der Waals surface area contributed by atoms with Crippen LogP contribution in [0.2, 0.25) is 0 Å². The Labute approximate surface area is 162 Å². The molecule has 0 aliphatic carbocycles. The van der Waals surface area contributed by atoms with Crippen molar-refractivity contribution >= 4 is 0 Å². The number of hydrogen-bond acceptors (Lipinski definition) is 6. The molecule has 0 saturated heterocycles. The van der Waals surface area contributed by atoms with Crippen molar-refractivity contribution in [2.45, 2.75) is 12.4 Å². The molecule has 0 radical (unpaired) electrons. The van der Waals surface area contributed by atoms with Gasteiger partial charge < -0.3 is 19.4 Å². The lowest BCUT2D eigenvalue weighted by Crippen LogP contribution is -2.21. The molecule has 4 aromatic rings. The third-order valence-corrected chi connectivity index (χ3v) is 4.14. The van der Waals surface area contributed by atoms with Crippen molar-refractivity contribution in [3.8, 4) is 28.5 Å². The summed E-state index contributed by atoms with van der Waals surface area (Å²) < 4.78 is 52.8. The van der Waals surface area contributed by atoms with Gasteiger partial charge in [0, 0.05) is 11.1 Å². The van der Waals surface area contributed by atoms with Gasteiger partial charge in [-0.2, -0.15) is 4.98 Å². The highest BCUT2D eigenvalue weighted by Gasteiger charge is 2.33. The van der Waals surface area contributed by atoms with E-state index in [1.54, 1.807) is 12.1 Å². The molecule has 2 N–H and O–H groups in total. The van der Waals surface area contributed by atoms with Crippen molar-refractivity contribution in [1.29, 1.82) is 0 Å².